The standard InChI is InChI=1S/C20H28N4O2/c1-20(2,3)9-11-23-10-8-16(13-23)24-14-21-17-12-15(4-6-18(17)24)5-7-19(25)22-26/h4-7,12,14,16,26H,8-11,13H2,1-3H3,(H,22,25). The topological polar surface area (TPSA) is 70.4 Å². The summed E-state index contributed by atoms with van der Waals surface area (Å²) in [5, 5.41) is 8.54. The molecule has 0 spiro atoms. The van der Waals surface area contributed by atoms with Crippen LogP contribution in [0, 0.1) is 5.41 Å². The summed E-state index contributed by atoms with van der Waals surface area (Å²) in [6.07, 6.45) is 7.24. The molecule has 6 nitrogen and oxygen atoms in total. The molecule has 2 N–H and O–H groups in total. The lowest BCUT2D eigenvalue weighted by Crippen LogP contribution is -2.25. The minimum Gasteiger partial charge on any atom is -0.326 e. The molecule has 6 heteroatoms. The summed E-state index contributed by atoms with van der Waals surface area (Å²) < 4.78 is 2.28. The van der Waals surface area contributed by atoms with E-state index < -0.39 is 5.91 Å². The number of aromatic nitrogens is 2. The molecular weight excluding hydrogens is 328 g/mol. The number of nitrogens with zero attached hydrogens (tertiary/aromatic N) is 3. The van der Waals surface area contributed by atoms with Crippen LogP contribution in [0.1, 0.15) is 45.2 Å². The Kier molecular flexibility index (Phi) is 5.44. The number of nitrogens with one attached hydrogen (secondary N) is 1. The number of hydrogen-bond donors (Lipinski definition) is 2. The second kappa shape index (κ2) is 7.60. The highest BCUT2D eigenvalue weighted by Crippen LogP contribution is 2.28. The van der Waals surface area contributed by atoms with Crippen molar-refractivity contribution in [2.75, 3.05) is 19.6 Å². The van der Waals surface area contributed by atoms with Gasteiger partial charge >= 0.3 is 0 Å². The van der Waals surface area contributed by atoms with Crippen molar-refractivity contribution in [3.63, 3.8) is 0 Å². The fraction of sp³-hybridized carbons (Fsp3) is 0.500. The quantitative estimate of drug-likeness (QED) is 0.490. The van der Waals surface area contributed by atoms with E-state index in [0.717, 1.165) is 42.7 Å². The Balaban J connectivity index is 1.70. The van der Waals surface area contributed by atoms with Gasteiger partial charge in [-0.25, -0.2) is 10.5 Å². The third-order valence-electron chi connectivity index (χ3n) is 4.96. The Morgan fingerprint density at radius 2 is 2.23 bits per heavy atom. The molecule has 2 aromatic rings. The van der Waals surface area contributed by atoms with Crippen LogP contribution in [0.2, 0.25) is 0 Å². The van der Waals surface area contributed by atoms with E-state index in [1.54, 1.807) is 11.6 Å². The Bertz CT molecular complexity index is 804. The van der Waals surface area contributed by atoms with Crippen molar-refractivity contribution in [3.8, 4) is 0 Å². The van der Waals surface area contributed by atoms with Crippen LogP contribution in [0.25, 0.3) is 17.1 Å². The number of rotatable bonds is 5. The van der Waals surface area contributed by atoms with Crippen LogP contribution in [0.15, 0.2) is 30.6 Å². The van der Waals surface area contributed by atoms with E-state index in [4.69, 9.17) is 5.21 Å². The average Bonchev–Trinajstić information content (AvgIpc) is 3.23. The molecule has 1 aliphatic rings. The predicted octanol–water partition coefficient (Wildman–Crippen LogP) is 3.24. The lowest BCUT2D eigenvalue weighted by molar-refractivity contribution is -0.124. The fourth-order valence-electron chi connectivity index (χ4n) is 3.39. The third kappa shape index (κ3) is 4.51. The first-order valence-electron chi connectivity index (χ1n) is 9.17. The highest BCUT2D eigenvalue weighted by atomic mass is 16.5. The maximum absolute atomic E-state index is 11.1. The number of hydrogen-bond acceptors (Lipinski definition) is 4. The molecule has 1 amide bonds. The number of hydroxylamine groups is 1. The first-order valence-corrected chi connectivity index (χ1v) is 9.17. The van der Waals surface area contributed by atoms with Crippen molar-refractivity contribution in [1.29, 1.82) is 0 Å². The highest BCUT2D eigenvalue weighted by Gasteiger charge is 2.25. The van der Waals surface area contributed by atoms with Crippen molar-refractivity contribution < 1.29 is 10.0 Å². The molecule has 1 unspecified atom stereocenters. The summed E-state index contributed by atoms with van der Waals surface area (Å²) in [6.45, 7) is 10.2. The second-order valence-corrected chi connectivity index (χ2v) is 8.26. The number of imidazole rings is 1. The largest absolute Gasteiger partial charge is 0.326 e. The first-order chi connectivity index (χ1) is 12.4. The molecule has 0 radical (unpaired) electrons. The molecule has 3 rings (SSSR count). The van der Waals surface area contributed by atoms with E-state index in [9.17, 15) is 4.79 Å². The first kappa shape index (κ1) is 18.6. The molecule has 0 aliphatic carbocycles. The van der Waals surface area contributed by atoms with Crippen LogP contribution < -0.4 is 5.48 Å². The van der Waals surface area contributed by atoms with Gasteiger partial charge in [0.15, 0.2) is 0 Å². The monoisotopic (exact) mass is 356 g/mol. The number of likely N-dealkylation sites (tertiary alicyclic amines) is 1. The molecule has 2 heterocycles. The minimum atomic E-state index is -0.545. The van der Waals surface area contributed by atoms with Gasteiger partial charge in [0.2, 0.25) is 0 Å². The smallest absolute Gasteiger partial charge is 0.267 e. The molecular formula is C20H28N4O2. The van der Waals surface area contributed by atoms with Gasteiger partial charge in [-0.05, 0) is 48.6 Å². The molecule has 0 saturated carbocycles. The number of carbonyl (C=O) groups is 1. The van der Waals surface area contributed by atoms with Gasteiger partial charge in [0.1, 0.15) is 0 Å². The molecule has 0 bridgehead atoms. The van der Waals surface area contributed by atoms with Gasteiger partial charge < -0.3 is 9.47 Å². The summed E-state index contributed by atoms with van der Waals surface area (Å²) in [4.78, 5) is 18.2. The zero-order chi connectivity index (χ0) is 18.7. The zero-order valence-electron chi connectivity index (χ0n) is 15.8. The van der Waals surface area contributed by atoms with Crippen molar-refractivity contribution in [3.05, 3.63) is 36.2 Å². The van der Waals surface area contributed by atoms with Crippen molar-refractivity contribution in [2.24, 2.45) is 5.41 Å². The highest BCUT2D eigenvalue weighted by molar-refractivity contribution is 5.91. The van der Waals surface area contributed by atoms with Crippen LogP contribution >= 0.6 is 0 Å². The number of fused-ring (bicyclic) bond motifs is 1. The van der Waals surface area contributed by atoms with Crippen LogP contribution in [0.3, 0.4) is 0 Å². The molecule has 1 aromatic carbocycles. The number of amides is 1. The van der Waals surface area contributed by atoms with Gasteiger partial charge in [0.25, 0.3) is 5.91 Å². The summed E-state index contributed by atoms with van der Waals surface area (Å²) in [5.41, 5.74) is 4.88. The van der Waals surface area contributed by atoms with E-state index in [-0.39, 0.29) is 0 Å². The van der Waals surface area contributed by atoms with Crippen molar-refractivity contribution in [2.45, 2.75) is 39.7 Å². The van der Waals surface area contributed by atoms with Gasteiger partial charge in [-0.3, -0.25) is 10.0 Å². The van der Waals surface area contributed by atoms with Gasteiger partial charge in [0.05, 0.1) is 17.4 Å². The molecule has 140 valence electrons. The van der Waals surface area contributed by atoms with Gasteiger partial charge in [-0.1, -0.05) is 26.8 Å². The summed E-state index contributed by atoms with van der Waals surface area (Å²) in [7, 11) is 0. The van der Waals surface area contributed by atoms with E-state index in [1.807, 2.05) is 18.5 Å². The zero-order valence-corrected chi connectivity index (χ0v) is 15.8. The summed E-state index contributed by atoms with van der Waals surface area (Å²) in [6, 6.07) is 6.44. The van der Waals surface area contributed by atoms with Crippen LogP contribution in [-0.4, -0.2) is 45.2 Å². The Morgan fingerprint density at radius 3 is 2.96 bits per heavy atom. The molecule has 1 atom stereocenters. The normalized spacial score (nSPS) is 18.8. The third-order valence-corrected chi connectivity index (χ3v) is 4.96. The van der Waals surface area contributed by atoms with Crippen molar-refractivity contribution >= 4 is 23.0 Å². The minimum absolute atomic E-state index is 0.372. The molecule has 1 saturated heterocycles. The van der Waals surface area contributed by atoms with Crippen LogP contribution in [0.5, 0.6) is 0 Å². The molecule has 1 aliphatic heterocycles. The maximum Gasteiger partial charge on any atom is 0.267 e. The number of benzene rings is 1. The predicted molar refractivity (Wildman–Crippen MR) is 103 cm³/mol. The second-order valence-electron chi connectivity index (χ2n) is 8.26. The van der Waals surface area contributed by atoms with Gasteiger partial charge in [-0.15, -0.1) is 0 Å². The van der Waals surface area contributed by atoms with Crippen LogP contribution in [-0.2, 0) is 4.79 Å². The average molecular weight is 356 g/mol. The lowest BCUT2D eigenvalue weighted by atomic mass is 9.92. The van der Waals surface area contributed by atoms with Crippen molar-refractivity contribution in [1.82, 2.24) is 19.9 Å². The van der Waals surface area contributed by atoms with Gasteiger partial charge in [-0.2, -0.15) is 0 Å². The molecule has 1 fully saturated rings. The SMILES string of the molecule is CC(C)(C)CCN1CCC(n2cnc3cc(C=CC(=O)NO)ccc32)C1. The lowest BCUT2D eigenvalue weighted by Gasteiger charge is -2.23. The van der Waals surface area contributed by atoms with E-state index in [2.05, 4.69) is 41.3 Å². The Hall–Kier alpha value is -2.18. The summed E-state index contributed by atoms with van der Waals surface area (Å²) >= 11 is 0. The Morgan fingerprint density at radius 1 is 1.42 bits per heavy atom. The molecule has 26 heavy (non-hydrogen) atoms. The maximum atomic E-state index is 11.1. The molecule has 1 aromatic heterocycles. The van der Waals surface area contributed by atoms with Gasteiger partial charge in [0, 0.05) is 25.2 Å². The summed E-state index contributed by atoms with van der Waals surface area (Å²) in [5.74, 6) is -0.545. The van der Waals surface area contributed by atoms with E-state index in [1.165, 1.54) is 12.5 Å². The fourth-order valence-corrected chi connectivity index (χ4v) is 3.39. The van der Waals surface area contributed by atoms with E-state index >= 15 is 0 Å². The Labute approximate surface area is 154 Å². The van der Waals surface area contributed by atoms with Crippen LogP contribution in [0.4, 0.5) is 0 Å². The van der Waals surface area contributed by atoms with E-state index in [0.29, 0.717) is 11.5 Å². The number of carbonyl (C=O) groups excluding carboxylic acids is 1.